The highest BCUT2D eigenvalue weighted by Crippen LogP contribution is 2.17. The van der Waals surface area contributed by atoms with Gasteiger partial charge in [0.05, 0.1) is 12.2 Å². The number of benzene rings is 1. The van der Waals surface area contributed by atoms with Gasteiger partial charge in [0.1, 0.15) is 5.82 Å². The molecule has 0 unspecified atom stereocenters. The number of halogens is 1. The average molecular weight is 317 g/mol. The van der Waals surface area contributed by atoms with Gasteiger partial charge in [0.25, 0.3) is 5.91 Å². The highest BCUT2D eigenvalue weighted by atomic mass is 19.1. The fourth-order valence-electron chi connectivity index (χ4n) is 2.73. The van der Waals surface area contributed by atoms with Gasteiger partial charge in [-0.15, -0.1) is 5.10 Å². The number of nitrogens with one attached hydrogen (secondary N) is 2. The van der Waals surface area contributed by atoms with Crippen LogP contribution in [0.3, 0.4) is 0 Å². The van der Waals surface area contributed by atoms with Gasteiger partial charge in [-0.1, -0.05) is 23.4 Å². The number of hydrogen-bond acceptors (Lipinski definition) is 4. The molecule has 1 amide bonds. The molecule has 2 aromatic rings. The number of aromatic nitrogens is 3. The van der Waals surface area contributed by atoms with Gasteiger partial charge in [-0.2, -0.15) is 0 Å². The lowest BCUT2D eigenvalue weighted by Crippen LogP contribution is -2.29. The zero-order valence-electron chi connectivity index (χ0n) is 12.8. The third-order valence-electron chi connectivity index (χ3n) is 4.06. The summed E-state index contributed by atoms with van der Waals surface area (Å²) in [7, 11) is 0. The predicted molar refractivity (Wildman–Crippen MR) is 83.6 cm³/mol. The van der Waals surface area contributed by atoms with Crippen LogP contribution in [0.4, 0.5) is 4.39 Å². The first-order valence-corrected chi connectivity index (χ1v) is 7.88. The molecule has 23 heavy (non-hydrogen) atoms. The molecule has 2 heterocycles. The van der Waals surface area contributed by atoms with Gasteiger partial charge in [-0.3, -0.25) is 4.79 Å². The smallest absolute Gasteiger partial charge is 0.273 e. The zero-order chi connectivity index (χ0) is 16.1. The summed E-state index contributed by atoms with van der Waals surface area (Å²) in [4.78, 5) is 12.1. The Labute approximate surface area is 134 Å². The Bertz CT molecular complexity index is 666. The molecule has 0 atom stereocenters. The van der Waals surface area contributed by atoms with E-state index >= 15 is 0 Å². The fraction of sp³-hybridized carbons (Fsp3) is 0.438. The van der Waals surface area contributed by atoms with Crippen LogP contribution >= 0.6 is 0 Å². The van der Waals surface area contributed by atoms with Gasteiger partial charge in [0.15, 0.2) is 5.69 Å². The summed E-state index contributed by atoms with van der Waals surface area (Å²) in [6.07, 6.45) is 4.10. The SMILES string of the molecule is O=C(NCCc1ccccc1F)c1cn(C2CCNCC2)nn1. The third kappa shape index (κ3) is 3.92. The quantitative estimate of drug-likeness (QED) is 0.872. The Balaban J connectivity index is 1.52. The maximum atomic E-state index is 13.5. The Morgan fingerprint density at radius 1 is 1.35 bits per heavy atom. The van der Waals surface area contributed by atoms with Gasteiger partial charge in [-0.25, -0.2) is 9.07 Å². The highest BCUT2D eigenvalue weighted by Gasteiger charge is 2.18. The van der Waals surface area contributed by atoms with Gasteiger partial charge in [0.2, 0.25) is 0 Å². The molecule has 6 nitrogen and oxygen atoms in total. The number of hydrogen-bond donors (Lipinski definition) is 2. The molecule has 122 valence electrons. The Morgan fingerprint density at radius 2 is 2.13 bits per heavy atom. The van der Waals surface area contributed by atoms with Crippen molar-refractivity contribution >= 4 is 5.91 Å². The van der Waals surface area contributed by atoms with E-state index in [1.165, 1.54) is 6.07 Å². The molecule has 0 spiro atoms. The van der Waals surface area contributed by atoms with Gasteiger partial charge in [-0.05, 0) is 44.0 Å². The molecular weight excluding hydrogens is 297 g/mol. The van der Waals surface area contributed by atoms with Crippen molar-refractivity contribution in [2.24, 2.45) is 0 Å². The van der Waals surface area contributed by atoms with Crippen LogP contribution < -0.4 is 10.6 Å². The molecule has 1 aliphatic heterocycles. The van der Waals surface area contributed by atoms with Crippen LogP contribution in [0.2, 0.25) is 0 Å². The first-order chi connectivity index (χ1) is 11.2. The summed E-state index contributed by atoms with van der Waals surface area (Å²) in [5, 5.41) is 14.0. The minimum absolute atomic E-state index is 0.251. The van der Waals surface area contributed by atoms with Crippen molar-refractivity contribution in [3.8, 4) is 0 Å². The van der Waals surface area contributed by atoms with Crippen LogP contribution in [0, 0.1) is 5.82 Å². The van der Waals surface area contributed by atoms with Crippen LogP contribution in [0.15, 0.2) is 30.5 Å². The molecule has 0 bridgehead atoms. The van der Waals surface area contributed by atoms with Crippen molar-refractivity contribution in [2.75, 3.05) is 19.6 Å². The molecule has 0 saturated carbocycles. The molecule has 0 radical (unpaired) electrons. The average Bonchev–Trinajstić information content (AvgIpc) is 3.07. The zero-order valence-corrected chi connectivity index (χ0v) is 12.8. The maximum absolute atomic E-state index is 13.5. The highest BCUT2D eigenvalue weighted by molar-refractivity contribution is 5.91. The summed E-state index contributed by atoms with van der Waals surface area (Å²) in [5.74, 6) is -0.528. The monoisotopic (exact) mass is 317 g/mol. The number of carbonyl (C=O) groups excluding carboxylic acids is 1. The maximum Gasteiger partial charge on any atom is 0.273 e. The second-order valence-corrected chi connectivity index (χ2v) is 5.66. The Kier molecular flexibility index (Phi) is 4.97. The minimum atomic E-state index is -0.276. The minimum Gasteiger partial charge on any atom is -0.350 e. The van der Waals surface area contributed by atoms with E-state index in [0.29, 0.717) is 30.3 Å². The lowest BCUT2D eigenvalue weighted by molar-refractivity contribution is 0.0949. The molecule has 3 rings (SSSR count). The van der Waals surface area contributed by atoms with Crippen LogP contribution in [0.5, 0.6) is 0 Å². The first kappa shape index (κ1) is 15.6. The Morgan fingerprint density at radius 3 is 2.91 bits per heavy atom. The van der Waals surface area contributed by atoms with E-state index in [4.69, 9.17) is 0 Å². The van der Waals surface area contributed by atoms with Gasteiger partial charge >= 0.3 is 0 Å². The van der Waals surface area contributed by atoms with Gasteiger partial charge < -0.3 is 10.6 Å². The number of piperidine rings is 1. The lowest BCUT2D eigenvalue weighted by Gasteiger charge is -2.22. The Hall–Kier alpha value is -2.28. The third-order valence-corrected chi connectivity index (χ3v) is 4.06. The van der Waals surface area contributed by atoms with Gasteiger partial charge in [0, 0.05) is 6.54 Å². The number of amides is 1. The van der Waals surface area contributed by atoms with E-state index in [1.807, 2.05) is 0 Å². The molecule has 2 N–H and O–H groups in total. The molecule has 1 aromatic heterocycles. The molecular formula is C16H20FN5O. The van der Waals surface area contributed by atoms with Crippen LogP contribution in [-0.2, 0) is 6.42 Å². The largest absolute Gasteiger partial charge is 0.350 e. The van der Waals surface area contributed by atoms with Crippen molar-refractivity contribution in [1.82, 2.24) is 25.6 Å². The predicted octanol–water partition coefficient (Wildman–Crippen LogP) is 1.31. The number of nitrogens with zero attached hydrogens (tertiary/aromatic N) is 3. The van der Waals surface area contributed by atoms with Crippen molar-refractivity contribution in [3.05, 3.63) is 47.5 Å². The summed E-state index contributed by atoms with van der Waals surface area (Å²) in [5.41, 5.74) is 0.892. The normalized spacial score (nSPS) is 15.5. The summed E-state index contributed by atoms with van der Waals surface area (Å²) in [6, 6.07) is 6.86. The van der Waals surface area contributed by atoms with Crippen molar-refractivity contribution < 1.29 is 9.18 Å². The van der Waals surface area contributed by atoms with Crippen LogP contribution in [0.25, 0.3) is 0 Å². The topological polar surface area (TPSA) is 71.8 Å². The fourth-order valence-corrected chi connectivity index (χ4v) is 2.73. The van der Waals surface area contributed by atoms with Crippen LogP contribution in [-0.4, -0.2) is 40.5 Å². The number of rotatable bonds is 5. The summed E-state index contributed by atoms with van der Waals surface area (Å²) < 4.78 is 15.3. The number of carbonyl (C=O) groups is 1. The summed E-state index contributed by atoms with van der Waals surface area (Å²) in [6.45, 7) is 2.27. The first-order valence-electron chi connectivity index (χ1n) is 7.88. The standard InChI is InChI=1S/C16H20FN5O/c17-14-4-2-1-3-12(14)5-10-19-16(23)15-11-22(21-20-15)13-6-8-18-9-7-13/h1-4,11,13,18H,5-10H2,(H,19,23). The molecule has 7 heteroatoms. The lowest BCUT2D eigenvalue weighted by atomic mass is 10.1. The molecule has 1 aliphatic rings. The van der Waals surface area contributed by atoms with E-state index in [-0.39, 0.29) is 11.7 Å². The van der Waals surface area contributed by atoms with Crippen molar-refractivity contribution in [2.45, 2.75) is 25.3 Å². The van der Waals surface area contributed by atoms with E-state index < -0.39 is 0 Å². The molecule has 0 aliphatic carbocycles. The van der Waals surface area contributed by atoms with Crippen molar-refractivity contribution in [3.63, 3.8) is 0 Å². The second kappa shape index (κ2) is 7.32. The second-order valence-electron chi connectivity index (χ2n) is 5.66. The van der Waals surface area contributed by atoms with Crippen LogP contribution in [0.1, 0.15) is 34.9 Å². The molecule has 1 saturated heterocycles. The summed E-state index contributed by atoms with van der Waals surface area (Å²) >= 11 is 0. The van der Waals surface area contributed by atoms with Crippen molar-refractivity contribution in [1.29, 1.82) is 0 Å². The molecule has 1 fully saturated rings. The van der Waals surface area contributed by atoms with E-state index in [0.717, 1.165) is 25.9 Å². The van der Waals surface area contributed by atoms with E-state index in [9.17, 15) is 9.18 Å². The molecule has 1 aromatic carbocycles. The van der Waals surface area contributed by atoms with E-state index in [2.05, 4.69) is 20.9 Å². The van der Waals surface area contributed by atoms with E-state index in [1.54, 1.807) is 29.1 Å².